The minimum Gasteiger partial charge on any atom is -0.205 e. The van der Waals surface area contributed by atoms with E-state index < -0.39 is 10.2 Å². The van der Waals surface area contributed by atoms with Crippen LogP contribution in [0.5, 0.6) is 0 Å². The number of rotatable bonds is 7. The molecule has 17 heavy (non-hydrogen) atoms. The maximum atomic E-state index is 11.0. The summed E-state index contributed by atoms with van der Waals surface area (Å²) in [6.45, 7) is 0.438. The van der Waals surface area contributed by atoms with E-state index >= 15 is 0 Å². The van der Waals surface area contributed by atoms with Crippen molar-refractivity contribution in [1.82, 2.24) is 9.44 Å². The van der Waals surface area contributed by atoms with Crippen LogP contribution in [0, 0.1) is 0 Å². The molecule has 0 heterocycles. The highest BCUT2D eigenvalue weighted by atomic mass is 35.5. The van der Waals surface area contributed by atoms with Crippen LogP contribution in [-0.4, -0.2) is 22.0 Å². The zero-order valence-corrected chi connectivity index (χ0v) is 11.3. The van der Waals surface area contributed by atoms with Gasteiger partial charge in [-0.25, -0.2) is 9.44 Å². The summed E-state index contributed by atoms with van der Waals surface area (Å²) in [4.78, 5) is 0. The van der Waals surface area contributed by atoms with Gasteiger partial charge in [-0.3, -0.25) is 0 Å². The molecular weight excluding hydrogens is 260 g/mol. The molecule has 0 bridgehead atoms. The van der Waals surface area contributed by atoms with Crippen LogP contribution in [0.1, 0.15) is 18.4 Å². The maximum absolute atomic E-state index is 11.0. The van der Waals surface area contributed by atoms with Gasteiger partial charge in [-0.2, -0.15) is 8.42 Å². The smallest absolute Gasteiger partial charge is 0.205 e. The van der Waals surface area contributed by atoms with Crippen molar-refractivity contribution in [2.45, 2.75) is 19.3 Å². The van der Waals surface area contributed by atoms with Crippen LogP contribution in [0.15, 0.2) is 24.3 Å². The van der Waals surface area contributed by atoms with E-state index in [4.69, 9.17) is 11.6 Å². The second-order valence-corrected chi connectivity index (χ2v) is 5.76. The van der Waals surface area contributed by atoms with E-state index in [1.165, 1.54) is 7.05 Å². The van der Waals surface area contributed by atoms with Crippen molar-refractivity contribution in [3.63, 3.8) is 0 Å². The Hall–Kier alpha value is -0.620. The third kappa shape index (κ3) is 5.50. The Morgan fingerprint density at radius 2 is 1.94 bits per heavy atom. The molecule has 1 aromatic carbocycles. The molecule has 0 aromatic heterocycles. The zero-order valence-electron chi connectivity index (χ0n) is 9.74. The SMILES string of the molecule is CNS(=O)(=O)NCCCCc1ccccc1Cl. The number of benzene rings is 1. The second kappa shape index (κ2) is 6.96. The van der Waals surface area contributed by atoms with E-state index in [9.17, 15) is 8.42 Å². The molecule has 1 rings (SSSR count). The molecule has 0 amide bonds. The normalized spacial score (nSPS) is 11.6. The Morgan fingerprint density at radius 3 is 2.59 bits per heavy atom. The lowest BCUT2D eigenvalue weighted by Gasteiger charge is -2.05. The molecule has 6 heteroatoms. The number of aryl methyl sites for hydroxylation is 1. The molecule has 96 valence electrons. The fourth-order valence-corrected chi connectivity index (χ4v) is 2.21. The van der Waals surface area contributed by atoms with Gasteiger partial charge in [0, 0.05) is 18.6 Å². The van der Waals surface area contributed by atoms with Crippen molar-refractivity contribution in [3.05, 3.63) is 34.9 Å². The maximum Gasteiger partial charge on any atom is 0.276 e. The molecule has 0 saturated heterocycles. The van der Waals surface area contributed by atoms with E-state index in [1.807, 2.05) is 24.3 Å². The van der Waals surface area contributed by atoms with Gasteiger partial charge >= 0.3 is 0 Å². The van der Waals surface area contributed by atoms with E-state index in [-0.39, 0.29) is 0 Å². The Labute approximate surface area is 108 Å². The topological polar surface area (TPSA) is 58.2 Å². The highest BCUT2D eigenvalue weighted by molar-refractivity contribution is 7.87. The summed E-state index contributed by atoms with van der Waals surface area (Å²) in [5, 5.41) is 0.767. The van der Waals surface area contributed by atoms with Gasteiger partial charge in [0.2, 0.25) is 0 Å². The highest BCUT2D eigenvalue weighted by Gasteiger charge is 2.04. The lowest BCUT2D eigenvalue weighted by atomic mass is 10.1. The van der Waals surface area contributed by atoms with E-state index in [1.54, 1.807) is 0 Å². The largest absolute Gasteiger partial charge is 0.276 e. The molecule has 0 saturated carbocycles. The van der Waals surface area contributed by atoms with Gasteiger partial charge in [0.15, 0.2) is 0 Å². The molecule has 0 radical (unpaired) electrons. The minimum atomic E-state index is -3.30. The number of hydrogen-bond donors (Lipinski definition) is 2. The Balaban J connectivity index is 2.24. The molecule has 0 unspecified atom stereocenters. The summed E-state index contributed by atoms with van der Waals surface area (Å²) in [7, 11) is -1.92. The summed E-state index contributed by atoms with van der Waals surface area (Å²) in [6.07, 6.45) is 2.54. The number of nitrogens with one attached hydrogen (secondary N) is 2. The summed E-state index contributed by atoms with van der Waals surface area (Å²) >= 11 is 6.01. The monoisotopic (exact) mass is 276 g/mol. The fraction of sp³-hybridized carbons (Fsp3) is 0.455. The van der Waals surface area contributed by atoms with Crippen molar-refractivity contribution in [2.75, 3.05) is 13.6 Å². The molecular formula is C11H17ClN2O2S. The average Bonchev–Trinajstić information content (AvgIpc) is 2.31. The van der Waals surface area contributed by atoms with Gasteiger partial charge in [0.1, 0.15) is 0 Å². The summed E-state index contributed by atoms with van der Waals surface area (Å²) in [5.74, 6) is 0. The van der Waals surface area contributed by atoms with E-state index in [0.29, 0.717) is 6.54 Å². The van der Waals surface area contributed by atoms with Crippen LogP contribution >= 0.6 is 11.6 Å². The van der Waals surface area contributed by atoms with Gasteiger partial charge in [-0.15, -0.1) is 0 Å². The minimum absolute atomic E-state index is 0.438. The first-order chi connectivity index (χ1) is 8.05. The van der Waals surface area contributed by atoms with Gasteiger partial charge in [-0.05, 0) is 30.9 Å². The van der Waals surface area contributed by atoms with Crippen LogP contribution in [0.2, 0.25) is 5.02 Å². The average molecular weight is 277 g/mol. The third-order valence-corrected chi connectivity index (χ3v) is 3.88. The summed E-state index contributed by atoms with van der Waals surface area (Å²) < 4.78 is 26.7. The van der Waals surface area contributed by atoms with Crippen LogP contribution in [0.3, 0.4) is 0 Å². The molecule has 0 fully saturated rings. The number of unbranched alkanes of at least 4 members (excludes halogenated alkanes) is 1. The summed E-state index contributed by atoms with van der Waals surface area (Å²) in [6, 6.07) is 7.69. The Bertz CT molecular complexity index is 449. The van der Waals surface area contributed by atoms with Crippen molar-refractivity contribution < 1.29 is 8.42 Å². The van der Waals surface area contributed by atoms with Crippen molar-refractivity contribution in [1.29, 1.82) is 0 Å². The molecule has 0 spiro atoms. The van der Waals surface area contributed by atoms with Crippen LogP contribution < -0.4 is 9.44 Å². The molecule has 4 nitrogen and oxygen atoms in total. The standard InChI is InChI=1S/C11H17ClN2O2S/c1-13-17(15,16)14-9-5-4-7-10-6-2-3-8-11(10)12/h2-3,6,8,13-14H,4-5,7,9H2,1H3. The third-order valence-electron chi connectivity index (χ3n) is 2.39. The van der Waals surface area contributed by atoms with Crippen molar-refractivity contribution in [2.24, 2.45) is 0 Å². The molecule has 0 atom stereocenters. The van der Waals surface area contributed by atoms with Gasteiger partial charge < -0.3 is 0 Å². The Kier molecular flexibility index (Phi) is 5.91. The molecule has 2 N–H and O–H groups in total. The summed E-state index contributed by atoms with van der Waals surface area (Å²) in [5.41, 5.74) is 1.10. The second-order valence-electron chi connectivity index (χ2n) is 3.65. The quantitative estimate of drug-likeness (QED) is 0.745. The van der Waals surface area contributed by atoms with Gasteiger partial charge in [-0.1, -0.05) is 29.8 Å². The number of halogens is 1. The van der Waals surface area contributed by atoms with Crippen LogP contribution in [0.4, 0.5) is 0 Å². The Morgan fingerprint density at radius 1 is 1.24 bits per heavy atom. The fourth-order valence-electron chi connectivity index (χ4n) is 1.42. The lowest BCUT2D eigenvalue weighted by molar-refractivity contribution is 0.568. The van der Waals surface area contributed by atoms with Gasteiger partial charge in [0.25, 0.3) is 10.2 Å². The first-order valence-electron chi connectivity index (χ1n) is 5.47. The van der Waals surface area contributed by atoms with Crippen LogP contribution in [-0.2, 0) is 16.6 Å². The van der Waals surface area contributed by atoms with Crippen LogP contribution in [0.25, 0.3) is 0 Å². The molecule has 0 aliphatic heterocycles. The molecule has 1 aromatic rings. The van der Waals surface area contributed by atoms with Gasteiger partial charge in [0.05, 0.1) is 0 Å². The predicted octanol–water partition coefficient (Wildman–Crippen LogP) is 1.72. The molecule has 0 aliphatic carbocycles. The predicted molar refractivity (Wildman–Crippen MR) is 70.4 cm³/mol. The van der Waals surface area contributed by atoms with E-state index in [0.717, 1.165) is 29.8 Å². The first kappa shape index (κ1) is 14.4. The van der Waals surface area contributed by atoms with Crippen molar-refractivity contribution in [3.8, 4) is 0 Å². The highest BCUT2D eigenvalue weighted by Crippen LogP contribution is 2.16. The lowest BCUT2D eigenvalue weighted by Crippen LogP contribution is -2.34. The first-order valence-corrected chi connectivity index (χ1v) is 7.33. The zero-order chi connectivity index (χ0) is 12.7. The molecule has 0 aliphatic rings. The number of hydrogen-bond acceptors (Lipinski definition) is 2. The van der Waals surface area contributed by atoms with Crippen molar-refractivity contribution >= 4 is 21.8 Å². The van der Waals surface area contributed by atoms with E-state index in [2.05, 4.69) is 9.44 Å².